The molecule has 1 aliphatic carbocycles. The summed E-state index contributed by atoms with van der Waals surface area (Å²) in [5.41, 5.74) is 9.61. The molecular weight excluding hydrogens is 514 g/mol. The summed E-state index contributed by atoms with van der Waals surface area (Å²) in [5, 5.41) is 0. The van der Waals surface area contributed by atoms with E-state index in [-0.39, 0.29) is 18.9 Å². The minimum absolute atomic E-state index is 0.0387. The second-order valence-electron chi connectivity index (χ2n) is 9.72. The molecule has 0 saturated carbocycles. The molecule has 9 nitrogen and oxygen atoms in total. The molecule has 0 unspecified atom stereocenters. The molecule has 6 N–H and O–H groups in total. The number of nitrogens with two attached hydrogens (primary N) is 1. The van der Waals surface area contributed by atoms with Crippen molar-refractivity contribution in [2.75, 3.05) is 17.2 Å². The van der Waals surface area contributed by atoms with Gasteiger partial charge in [-0.05, 0) is 74.6 Å². The van der Waals surface area contributed by atoms with Gasteiger partial charge in [0.1, 0.15) is 0 Å². The first-order valence-corrected chi connectivity index (χ1v) is 15.4. The van der Waals surface area contributed by atoms with Crippen LogP contribution in [0.4, 0.5) is 11.4 Å². The lowest BCUT2D eigenvalue weighted by atomic mass is 9.78. The Morgan fingerprint density at radius 3 is 1.78 bits per heavy atom. The second-order valence-corrected chi connectivity index (χ2v) is 13.3. The molecule has 0 heterocycles. The summed E-state index contributed by atoms with van der Waals surface area (Å²) < 4.78 is 23.2. The topological polar surface area (TPSA) is 161 Å². The highest BCUT2D eigenvalue weighted by atomic mass is 31.2. The molecule has 1 aliphatic rings. The highest BCUT2D eigenvalue weighted by Gasteiger charge is 2.33. The maximum absolute atomic E-state index is 12.0. The molecule has 0 radical (unpaired) electrons. The zero-order valence-electron chi connectivity index (χ0n) is 21.1. The number of amides is 1. The van der Waals surface area contributed by atoms with Crippen molar-refractivity contribution in [1.82, 2.24) is 0 Å². The minimum atomic E-state index is -4.32. The van der Waals surface area contributed by atoms with Crippen LogP contribution in [0.5, 0.6) is 0 Å². The number of aryl methyl sites for hydroxylation is 3. The lowest BCUT2D eigenvalue weighted by Gasteiger charge is -2.37. The molecule has 0 bridgehead atoms. The zero-order chi connectivity index (χ0) is 27.6. The Morgan fingerprint density at radius 2 is 1.32 bits per heavy atom. The molecule has 2 aromatic rings. The summed E-state index contributed by atoms with van der Waals surface area (Å²) in [4.78, 5) is 51.8. The van der Waals surface area contributed by atoms with Crippen LogP contribution in [0.25, 0.3) is 0 Å². The summed E-state index contributed by atoms with van der Waals surface area (Å²) in [6, 6.07) is 11.1. The van der Waals surface area contributed by atoms with Crippen LogP contribution in [0.15, 0.2) is 60.7 Å². The third-order valence-corrected chi connectivity index (χ3v) is 8.43. The number of hydrogen-bond donors (Lipinski definition) is 5. The van der Waals surface area contributed by atoms with Gasteiger partial charge in [-0.3, -0.25) is 13.9 Å². The van der Waals surface area contributed by atoms with Gasteiger partial charge in [0, 0.05) is 22.4 Å². The molecule has 0 atom stereocenters. The maximum Gasteiger partial charge on any atom is 0.325 e. The molecule has 0 saturated heterocycles. The van der Waals surface area contributed by atoms with Crippen molar-refractivity contribution in [1.29, 1.82) is 0 Å². The molecule has 37 heavy (non-hydrogen) atoms. The number of rotatable bonds is 10. The Balaban J connectivity index is 2.05. The Morgan fingerprint density at radius 1 is 0.838 bits per heavy atom. The van der Waals surface area contributed by atoms with Crippen LogP contribution in [0.2, 0.25) is 0 Å². The zero-order valence-corrected chi connectivity index (χ0v) is 22.9. The standard InChI is InChI=1S/C26H34N2O7P2/c1-18-4-6-22(16-20(18)3)28(23-7-5-19(2)24(17-23)25(27)29)21-8-10-26(11-9-21,12-14-36(30,31)32)13-15-37(33,34)35/h4-11,16-17,21H,12-15H2,1-3H3,(H2,27,29)(H2,30,31,32)(H2,33,34,35). The molecule has 2 aromatic carbocycles. The van der Waals surface area contributed by atoms with E-state index in [0.717, 1.165) is 28.1 Å². The first-order valence-electron chi connectivity index (χ1n) is 11.8. The summed E-state index contributed by atoms with van der Waals surface area (Å²) in [6.45, 7) is 5.82. The van der Waals surface area contributed by atoms with E-state index in [9.17, 15) is 33.5 Å². The van der Waals surface area contributed by atoms with Gasteiger partial charge in [0.25, 0.3) is 0 Å². The van der Waals surface area contributed by atoms with Gasteiger partial charge in [0.05, 0.1) is 18.4 Å². The third-order valence-electron chi connectivity index (χ3n) is 6.82. The van der Waals surface area contributed by atoms with Gasteiger partial charge in [0.15, 0.2) is 0 Å². The second kappa shape index (κ2) is 11.1. The van der Waals surface area contributed by atoms with Gasteiger partial charge in [-0.15, -0.1) is 0 Å². The Kier molecular flexibility index (Phi) is 8.70. The molecule has 0 aliphatic heterocycles. The minimum Gasteiger partial charge on any atom is -0.366 e. The van der Waals surface area contributed by atoms with Gasteiger partial charge in [-0.1, -0.05) is 36.4 Å². The van der Waals surface area contributed by atoms with Crippen LogP contribution in [0, 0.1) is 26.2 Å². The van der Waals surface area contributed by atoms with E-state index in [1.54, 1.807) is 25.1 Å². The summed E-state index contributed by atoms with van der Waals surface area (Å²) in [7, 11) is -8.63. The molecule has 11 heteroatoms. The van der Waals surface area contributed by atoms with Crippen molar-refractivity contribution in [3.63, 3.8) is 0 Å². The Bertz CT molecular complexity index is 1280. The fraction of sp³-hybridized carbons (Fsp3) is 0.346. The van der Waals surface area contributed by atoms with Crippen LogP contribution in [-0.4, -0.2) is 43.8 Å². The van der Waals surface area contributed by atoms with Crippen LogP contribution in [0.3, 0.4) is 0 Å². The fourth-order valence-electron chi connectivity index (χ4n) is 4.43. The summed E-state index contributed by atoms with van der Waals surface area (Å²) in [6.07, 6.45) is 6.54. The number of benzene rings is 2. The van der Waals surface area contributed by atoms with Crippen LogP contribution < -0.4 is 10.6 Å². The van der Waals surface area contributed by atoms with Crippen molar-refractivity contribution < 1.29 is 33.5 Å². The molecule has 200 valence electrons. The normalized spacial score (nSPS) is 15.6. The molecule has 3 rings (SSSR count). The largest absolute Gasteiger partial charge is 0.366 e. The van der Waals surface area contributed by atoms with E-state index in [1.165, 1.54) is 0 Å². The van der Waals surface area contributed by atoms with E-state index in [4.69, 9.17) is 5.73 Å². The quantitative estimate of drug-likeness (QED) is 0.215. The number of primary amides is 1. The van der Waals surface area contributed by atoms with Crippen molar-refractivity contribution in [3.05, 3.63) is 83.0 Å². The van der Waals surface area contributed by atoms with Crippen LogP contribution >= 0.6 is 15.2 Å². The smallest absolute Gasteiger partial charge is 0.325 e. The van der Waals surface area contributed by atoms with Gasteiger partial charge < -0.3 is 30.2 Å². The Hall–Kier alpha value is -2.51. The van der Waals surface area contributed by atoms with E-state index in [0.29, 0.717) is 5.56 Å². The number of anilines is 2. The van der Waals surface area contributed by atoms with Crippen molar-refractivity contribution >= 4 is 32.5 Å². The average Bonchev–Trinajstić information content (AvgIpc) is 2.80. The lowest BCUT2D eigenvalue weighted by Crippen LogP contribution is -2.32. The maximum atomic E-state index is 12.0. The first-order chi connectivity index (χ1) is 17.1. The van der Waals surface area contributed by atoms with E-state index in [1.807, 2.05) is 61.2 Å². The van der Waals surface area contributed by atoms with E-state index >= 15 is 0 Å². The molecule has 0 fully saturated rings. The number of hydrogen-bond acceptors (Lipinski definition) is 4. The highest BCUT2D eigenvalue weighted by molar-refractivity contribution is 7.52. The number of allylic oxidation sites excluding steroid dienone is 2. The molecule has 1 amide bonds. The first kappa shape index (κ1) is 29.1. The number of carbonyl (C=O) groups is 1. The summed E-state index contributed by atoms with van der Waals surface area (Å²) >= 11 is 0. The molecule has 0 spiro atoms. The monoisotopic (exact) mass is 548 g/mol. The van der Waals surface area contributed by atoms with E-state index < -0.39 is 38.8 Å². The third kappa shape index (κ3) is 7.74. The van der Waals surface area contributed by atoms with Crippen molar-refractivity contribution in [2.24, 2.45) is 11.1 Å². The van der Waals surface area contributed by atoms with Crippen LogP contribution in [0.1, 0.15) is 39.9 Å². The average molecular weight is 549 g/mol. The predicted octanol–water partition coefficient (Wildman–Crippen LogP) is 4.47. The SMILES string of the molecule is Cc1ccc(N(c2ccc(C)c(C(N)=O)c2)C2C=CC(CCP(=O)(O)O)(CCP(=O)(O)O)C=C2)cc1C. The number of nitrogens with zero attached hydrogens (tertiary/aromatic N) is 1. The van der Waals surface area contributed by atoms with Crippen molar-refractivity contribution in [2.45, 2.75) is 39.7 Å². The van der Waals surface area contributed by atoms with Gasteiger partial charge in [-0.2, -0.15) is 0 Å². The lowest BCUT2D eigenvalue weighted by molar-refractivity contribution is 0.0999. The molecular formula is C26H34N2O7P2. The summed E-state index contributed by atoms with van der Waals surface area (Å²) in [5.74, 6) is -0.539. The van der Waals surface area contributed by atoms with Crippen molar-refractivity contribution in [3.8, 4) is 0 Å². The van der Waals surface area contributed by atoms with Crippen LogP contribution in [-0.2, 0) is 9.13 Å². The number of carbonyl (C=O) groups excluding carboxylic acids is 1. The predicted molar refractivity (Wildman–Crippen MR) is 145 cm³/mol. The molecule has 0 aromatic heterocycles. The fourth-order valence-corrected chi connectivity index (χ4v) is 5.85. The highest BCUT2D eigenvalue weighted by Crippen LogP contribution is 2.47. The van der Waals surface area contributed by atoms with Gasteiger partial charge in [0.2, 0.25) is 5.91 Å². The van der Waals surface area contributed by atoms with E-state index in [2.05, 4.69) is 0 Å². The van der Waals surface area contributed by atoms with Gasteiger partial charge >= 0.3 is 15.2 Å². The Labute approximate surface area is 217 Å². The van der Waals surface area contributed by atoms with Gasteiger partial charge in [-0.25, -0.2) is 0 Å².